The fraction of sp³-hybridized carbons (Fsp3) is 0.600. The largest absolute Gasteiger partial charge is 0.383 e. The maximum atomic E-state index is 10.8. The van der Waals surface area contributed by atoms with Crippen LogP contribution in [0.25, 0.3) is 0 Å². The molecule has 0 spiro atoms. The lowest BCUT2D eigenvalue weighted by Gasteiger charge is -2.11. The van der Waals surface area contributed by atoms with Gasteiger partial charge in [0, 0.05) is 6.92 Å². The first-order valence-electron chi connectivity index (χ1n) is 5.25. The monoisotopic (exact) mass is 295 g/mol. The minimum atomic E-state index is -1.50. The van der Waals surface area contributed by atoms with E-state index in [2.05, 4.69) is 10.7 Å². The van der Waals surface area contributed by atoms with Gasteiger partial charge in [-0.05, 0) is 13.8 Å². The van der Waals surface area contributed by atoms with E-state index in [-0.39, 0.29) is 5.91 Å². The Bertz CT molecular complexity index is 382. The molecule has 1 aromatic heterocycles. The third-order valence-corrected chi connectivity index (χ3v) is 3.56. The van der Waals surface area contributed by atoms with Crippen LogP contribution in [0.2, 0.25) is 0 Å². The number of nitrogens with zero attached hydrogens (tertiary/aromatic N) is 1. The van der Waals surface area contributed by atoms with Crippen molar-refractivity contribution in [2.24, 2.45) is 10.9 Å². The van der Waals surface area contributed by atoms with E-state index in [0.717, 1.165) is 11.3 Å². The fourth-order valence-corrected chi connectivity index (χ4v) is 2.01. The number of hydrogen-bond acceptors (Lipinski definition) is 5. The van der Waals surface area contributed by atoms with Crippen LogP contribution in [0.15, 0.2) is 10.4 Å². The Morgan fingerprint density at radius 1 is 1.50 bits per heavy atom. The molecule has 0 aromatic carbocycles. The number of hydrogen-bond donors (Lipinski definition) is 3. The topological polar surface area (TPSA) is 119 Å². The van der Waals surface area contributed by atoms with E-state index < -0.39 is 16.6 Å². The zero-order valence-corrected chi connectivity index (χ0v) is 12.9. The molecule has 0 aliphatic carbocycles. The summed E-state index contributed by atoms with van der Waals surface area (Å²) in [6, 6.07) is 0. The summed E-state index contributed by atoms with van der Waals surface area (Å²) in [5, 5.41) is 15.1. The molecule has 0 bridgehead atoms. The lowest BCUT2D eigenvalue weighted by molar-refractivity contribution is -0.115. The van der Waals surface area contributed by atoms with E-state index >= 15 is 0 Å². The highest BCUT2D eigenvalue weighted by Crippen LogP contribution is 2.25. The minimum Gasteiger partial charge on any atom is -0.383 e. The molecule has 0 aliphatic rings. The standard InChI is InChI=1S/C6H10N2O2S2.C2H5NO.C2H6/c1-6(2,9)5-8-3-4(11-5)12(7)10;1-2(3)4;1-2/h3,9H,7H2,1-2H3;1H3,(H2,3,4);1-2H3. The number of carbonyl (C=O) groups excluding carboxylic acids is 1. The molecule has 1 unspecified atom stereocenters. The van der Waals surface area contributed by atoms with Crippen molar-refractivity contribution >= 4 is 28.2 Å². The van der Waals surface area contributed by atoms with Gasteiger partial charge >= 0.3 is 0 Å². The van der Waals surface area contributed by atoms with Crippen LogP contribution in [0.5, 0.6) is 0 Å². The Kier molecular flexibility index (Phi) is 9.91. The summed E-state index contributed by atoms with van der Waals surface area (Å²) in [6.45, 7) is 8.55. The molecule has 1 heterocycles. The van der Waals surface area contributed by atoms with E-state index in [1.165, 1.54) is 13.1 Å². The van der Waals surface area contributed by atoms with Gasteiger partial charge in [0.25, 0.3) is 0 Å². The zero-order chi connectivity index (χ0) is 14.9. The molecule has 8 heteroatoms. The van der Waals surface area contributed by atoms with E-state index in [9.17, 15) is 14.1 Å². The third kappa shape index (κ3) is 9.23. The van der Waals surface area contributed by atoms with Gasteiger partial charge in [-0.1, -0.05) is 13.8 Å². The van der Waals surface area contributed by atoms with Crippen molar-refractivity contribution in [2.45, 2.75) is 44.4 Å². The molecule has 0 fully saturated rings. The Morgan fingerprint density at radius 3 is 2.06 bits per heavy atom. The number of thiazole rings is 1. The molecule has 1 rings (SSSR count). The van der Waals surface area contributed by atoms with Crippen LogP contribution >= 0.6 is 11.3 Å². The van der Waals surface area contributed by atoms with Crippen molar-refractivity contribution in [3.63, 3.8) is 0 Å². The first-order chi connectivity index (χ1) is 8.14. The summed E-state index contributed by atoms with van der Waals surface area (Å²) in [5.41, 5.74) is 3.49. The first kappa shape index (κ1) is 19.5. The van der Waals surface area contributed by atoms with Crippen molar-refractivity contribution in [1.82, 2.24) is 4.98 Å². The van der Waals surface area contributed by atoms with Gasteiger partial charge in [0.1, 0.15) is 25.8 Å². The summed E-state index contributed by atoms with van der Waals surface area (Å²) in [5.74, 6) is -0.333. The molecule has 106 valence electrons. The van der Waals surface area contributed by atoms with E-state index in [0.29, 0.717) is 9.22 Å². The molecule has 1 aromatic rings. The van der Waals surface area contributed by atoms with Crippen molar-refractivity contribution in [1.29, 1.82) is 0 Å². The summed E-state index contributed by atoms with van der Waals surface area (Å²) in [4.78, 5) is 13.1. The number of amides is 1. The van der Waals surface area contributed by atoms with Gasteiger partial charge in [-0.3, -0.25) is 4.79 Å². The Labute approximate surface area is 114 Å². The van der Waals surface area contributed by atoms with Crippen molar-refractivity contribution < 1.29 is 14.1 Å². The van der Waals surface area contributed by atoms with Crippen LogP contribution in [0.4, 0.5) is 0 Å². The average molecular weight is 295 g/mol. The number of nitrogens with two attached hydrogens (primary N) is 2. The lowest BCUT2D eigenvalue weighted by Crippen LogP contribution is -2.14. The number of primary amides is 1. The lowest BCUT2D eigenvalue weighted by atomic mass is 10.2. The van der Waals surface area contributed by atoms with Crippen LogP contribution < -0.4 is 10.9 Å². The second-order valence-electron chi connectivity index (χ2n) is 3.45. The van der Waals surface area contributed by atoms with Crippen LogP contribution in [-0.2, 0) is 21.4 Å². The smallest absolute Gasteiger partial charge is 0.214 e. The molecule has 6 nitrogen and oxygen atoms in total. The second kappa shape index (κ2) is 9.15. The van der Waals surface area contributed by atoms with E-state index in [1.54, 1.807) is 13.8 Å². The molecule has 1 amide bonds. The highest BCUT2D eigenvalue weighted by molar-refractivity contribution is 7.85. The van der Waals surface area contributed by atoms with Gasteiger partial charge in [0.2, 0.25) is 5.91 Å². The van der Waals surface area contributed by atoms with Gasteiger partial charge in [-0.25, -0.2) is 14.3 Å². The van der Waals surface area contributed by atoms with Crippen LogP contribution in [-0.4, -0.2) is 20.2 Å². The van der Waals surface area contributed by atoms with Crippen molar-refractivity contribution in [3.05, 3.63) is 11.2 Å². The molecular weight excluding hydrogens is 274 g/mol. The Morgan fingerprint density at radius 2 is 1.89 bits per heavy atom. The molecule has 0 aliphatic heterocycles. The normalized spacial score (nSPS) is 11.5. The summed E-state index contributed by atoms with van der Waals surface area (Å²) in [7, 11) is -1.50. The Balaban J connectivity index is 0. The summed E-state index contributed by atoms with van der Waals surface area (Å²) < 4.78 is 11.2. The Hall–Kier alpha value is -0.830. The van der Waals surface area contributed by atoms with E-state index in [1.807, 2.05) is 13.8 Å². The number of rotatable bonds is 2. The quantitative estimate of drug-likeness (QED) is 0.749. The number of aliphatic hydroxyl groups is 1. The SMILES string of the molecule is CC.CC(C)(O)c1ncc(S(N)=O)s1.CC(N)=O. The van der Waals surface area contributed by atoms with Gasteiger partial charge in [0.15, 0.2) is 0 Å². The minimum absolute atomic E-state index is 0.333. The van der Waals surface area contributed by atoms with Gasteiger partial charge in [-0.15, -0.1) is 11.3 Å². The second-order valence-corrected chi connectivity index (χ2v) is 5.78. The summed E-state index contributed by atoms with van der Waals surface area (Å²) in [6.07, 6.45) is 1.42. The van der Waals surface area contributed by atoms with Crippen LogP contribution in [0.1, 0.15) is 39.6 Å². The first-order valence-corrected chi connectivity index (χ1v) is 7.28. The number of aromatic nitrogens is 1. The fourth-order valence-electron chi connectivity index (χ4n) is 0.635. The molecule has 0 saturated heterocycles. The zero-order valence-electron chi connectivity index (χ0n) is 11.3. The molecule has 0 saturated carbocycles. The predicted octanol–water partition coefficient (Wildman–Crippen LogP) is 0.870. The van der Waals surface area contributed by atoms with Crippen molar-refractivity contribution in [3.8, 4) is 0 Å². The van der Waals surface area contributed by atoms with Gasteiger partial charge in [-0.2, -0.15) is 0 Å². The van der Waals surface area contributed by atoms with Gasteiger partial charge < -0.3 is 10.8 Å². The third-order valence-electron chi connectivity index (χ3n) is 1.21. The van der Waals surface area contributed by atoms with Crippen molar-refractivity contribution in [2.75, 3.05) is 0 Å². The van der Waals surface area contributed by atoms with E-state index in [4.69, 9.17) is 5.14 Å². The maximum Gasteiger partial charge on any atom is 0.214 e. The van der Waals surface area contributed by atoms with Crippen LogP contribution in [0, 0.1) is 0 Å². The molecule has 5 N–H and O–H groups in total. The van der Waals surface area contributed by atoms with Crippen LogP contribution in [0.3, 0.4) is 0 Å². The molecule has 1 atom stereocenters. The van der Waals surface area contributed by atoms with Gasteiger partial charge in [0.05, 0.1) is 6.20 Å². The molecular formula is C10H21N3O3S2. The molecule has 0 radical (unpaired) electrons. The predicted molar refractivity (Wildman–Crippen MR) is 74.2 cm³/mol. The highest BCUT2D eigenvalue weighted by Gasteiger charge is 2.20. The number of carbonyl (C=O) groups is 1. The molecule has 18 heavy (non-hydrogen) atoms. The maximum absolute atomic E-state index is 10.8. The average Bonchev–Trinajstić information content (AvgIpc) is 2.67. The highest BCUT2D eigenvalue weighted by atomic mass is 32.2. The summed E-state index contributed by atoms with van der Waals surface area (Å²) >= 11 is 1.16.